The Labute approximate surface area is 297 Å². The lowest BCUT2D eigenvalue weighted by Crippen LogP contribution is -1.93. The topological polar surface area (TPSA) is 4.93 Å². The van der Waals surface area contributed by atoms with Crippen LogP contribution in [0.3, 0.4) is 0 Å². The maximum absolute atomic E-state index is 2.38. The molecule has 10 aromatic rings. The molecular formula is C50H33N. The van der Waals surface area contributed by atoms with Crippen LogP contribution in [0.5, 0.6) is 0 Å². The van der Waals surface area contributed by atoms with Crippen LogP contribution in [-0.2, 0) is 0 Å². The number of hydrogen-bond donors (Lipinski definition) is 0. The maximum Gasteiger partial charge on any atom is 0.0541 e. The lowest BCUT2D eigenvalue weighted by molar-refractivity contribution is 1.18. The van der Waals surface area contributed by atoms with Gasteiger partial charge in [0.2, 0.25) is 0 Å². The van der Waals surface area contributed by atoms with Crippen molar-refractivity contribution in [3.63, 3.8) is 0 Å². The van der Waals surface area contributed by atoms with Crippen molar-refractivity contribution in [2.75, 3.05) is 0 Å². The van der Waals surface area contributed by atoms with E-state index in [0.717, 1.165) is 0 Å². The van der Waals surface area contributed by atoms with Crippen molar-refractivity contribution in [1.29, 1.82) is 0 Å². The highest BCUT2D eigenvalue weighted by Gasteiger charge is 2.19. The fraction of sp³-hybridized carbons (Fsp3) is 0. The summed E-state index contributed by atoms with van der Waals surface area (Å²) in [6.45, 7) is 0. The summed E-state index contributed by atoms with van der Waals surface area (Å²) in [5, 5.41) is 7.55. The second-order valence-electron chi connectivity index (χ2n) is 13.3. The number of aromatic nitrogens is 1. The maximum atomic E-state index is 2.38. The first-order valence-corrected chi connectivity index (χ1v) is 17.6. The van der Waals surface area contributed by atoms with Gasteiger partial charge in [0.05, 0.1) is 11.0 Å². The van der Waals surface area contributed by atoms with Crippen molar-refractivity contribution in [2.24, 2.45) is 0 Å². The van der Waals surface area contributed by atoms with Gasteiger partial charge in [0.15, 0.2) is 0 Å². The van der Waals surface area contributed by atoms with E-state index in [1.165, 1.54) is 93.5 Å². The molecule has 0 spiro atoms. The van der Waals surface area contributed by atoms with Crippen LogP contribution in [0.1, 0.15) is 0 Å². The quantitative estimate of drug-likeness (QED) is 0.164. The molecule has 1 aromatic heterocycles. The van der Waals surface area contributed by atoms with E-state index in [-0.39, 0.29) is 0 Å². The SMILES string of the molecule is c1ccc(-c2ccccc2-c2c3ccccc3c(-c3cccc(-c4ccc5c(c4)c4ccccc4n5-c4ccccc4)c3)c3ccccc23)cc1. The number of rotatable bonds is 5. The van der Waals surface area contributed by atoms with Gasteiger partial charge >= 0.3 is 0 Å². The van der Waals surface area contributed by atoms with E-state index in [1.807, 2.05) is 0 Å². The standard InChI is InChI=1S/C50H33N/c1-3-16-34(17-4-1)39-22-7-8-24-41(39)50-44-27-11-9-25-42(44)49(43-26-10-12-28-45(43)50)37-19-15-18-35(32-37)36-30-31-48-46(33-36)40-23-13-14-29-47(40)51(48)38-20-5-2-6-21-38/h1-33H. The zero-order valence-corrected chi connectivity index (χ0v) is 28.0. The highest BCUT2D eigenvalue weighted by Crippen LogP contribution is 2.46. The first-order valence-electron chi connectivity index (χ1n) is 17.6. The molecule has 0 bridgehead atoms. The Balaban J connectivity index is 1.18. The van der Waals surface area contributed by atoms with Gasteiger partial charge in [-0.05, 0) is 102 Å². The third-order valence-corrected chi connectivity index (χ3v) is 10.4. The second kappa shape index (κ2) is 12.0. The van der Waals surface area contributed by atoms with E-state index in [4.69, 9.17) is 0 Å². The number of nitrogens with zero attached hydrogens (tertiary/aromatic N) is 1. The molecule has 0 unspecified atom stereocenters. The van der Waals surface area contributed by atoms with Gasteiger partial charge in [-0.1, -0.05) is 164 Å². The van der Waals surface area contributed by atoms with E-state index in [9.17, 15) is 0 Å². The van der Waals surface area contributed by atoms with Gasteiger partial charge < -0.3 is 4.57 Å². The molecule has 0 fully saturated rings. The van der Waals surface area contributed by atoms with Crippen molar-refractivity contribution in [3.8, 4) is 50.2 Å². The van der Waals surface area contributed by atoms with Crippen LogP contribution in [0.2, 0.25) is 0 Å². The van der Waals surface area contributed by atoms with E-state index in [1.54, 1.807) is 0 Å². The van der Waals surface area contributed by atoms with Crippen LogP contribution in [0.15, 0.2) is 200 Å². The summed E-state index contributed by atoms with van der Waals surface area (Å²) in [5.74, 6) is 0. The molecule has 1 heteroatoms. The number of benzene rings is 9. The average molecular weight is 648 g/mol. The van der Waals surface area contributed by atoms with Crippen molar-refractivity contribution >= 4 is 43.4 Å². The summed E-state index contributed by atoms with van der Waals surface area (Å²) in [7, 11) is 0. The van der Waals surface area contributed by atoms with Crippen LogP contribution < -0.4 is 0 Å². The highest BCUT2D eigenvalue weighted by atomic mass is 15.0. The minimum atomic E-state index is 1.17. The van der Waals surface area contributed by atoms with Crippen molar-refractivity contribution in [1.82, 2.24) is 4.57 Å². The van der Waals surface area contributed by atoms with E-state index in [2.05, 4.69) is 205 Å². The van der Waals surface area contributed by atoms with Gasteiger partial charge in [-0.3, -0.25) is 0 Å². The summed E-state index contributed by atoms with van der Waals surface area (Å²) in [6, 6.07) is 72.9. The van der Waals surface area contributed by atoms with Gasteiger partial charge in [-0.15, -0.1) is 0 Å². The van der Waals surface area contributed by atoms with Gasteiger partial charge in [0.25, 0.3) is 0 Å². The molecule has 10 rings (SSSR count). The number of hydrogen-bond acceptors (Lipinski definition) is 0. The molecule has 0 saturated carbocycles. The second-order valence-corrected chi connectivity index (χ2v) is 13.3. The predicted molar refractivity (Wildman–Crippen MR) is 218 cm³/mol. The van der Waals surface area contributed by atoms with Gasteiger partial charge in [0.1, 0.15) is 0 Å². The lowest BCUT2D eigenvalue weighted by Gasteiger charge is -2.20. The van der Waals surface area contributed by atoms with Crippen molar-refractivity contribution in [2.45, 2.75) is 0 Å². The van der Waals surface area contributed by atoms with Crippen molar-refractivity contribution < 1.29 is 0 Å². The Bertz CT molecular complexity index is 2840. The van der Waals surface area contributed by atoms with Gasteiger partial charge in [-0.25, -0.2) is 0 Å². The molecule has 0 atom stereocenters. The normalized spacial score (nSPS) is 11.5. The third-order valence-electron chi connectivity index (χ3n) is 10.4. The summed E-state index contributed by atoms with van der Waals surface area (Å²) in [4.78, 5) is 0. The molecule has 1 heterocycles. The minimum absolute atomic E-state index is 1.17. The molecular weight excluding hydrogens is 615 g/mol. The number of para-hydroxylation sites is 2. The highest BCUT2D eigenvalue weighted by molar-refractivity contribution is 6.22. The molecule has 238 valence electrons. The molecule has 51 heavy (non-hydrogen) atoms. The molecule has 1 nitrogen and oxygen atoms in total. The first-order chi connectivity index (χ1) is 25.3. The minimum Gasteiger partial charge on any atom is -0.309 e. The van der Waals surface area contributed by atoms with Crippen LogP contribution in [0, 0.1) is 0 Å². The first kappa shape index (κ1) is 29.2. The largest absolute Gasteiger partial charge is 0.309 e. The fourth-order valence-electron chi connectivity index (χ4n) is 8.16. The summed E-state index contributed by atoms with van der Waals surface area (Å²) in [5.41, 5.74) is 13.5. The van der Waals surface area contributed by atoms with E-state index >= 15 is 0 Å². The zero-order chi connectivity index (χ0) is 33.7. The van der Waals surface area contributed by atoms with Crippen LogP contribution in [0.4, 0.5) is 0 Å². The molecule has 0 amide bonds. The van der Waals surface area contributed by atoms with Crippen LogP contribution in [0.25, 0.3) is 93.5 Å². The molecule has 0 aliphatic rings. The molecule has 0 aliphatic carbocycles. The van der Waals surface area contributed by atoms with Crippen molar-refractivity contribution in [3.05, 3.63) is 200 Å². The summed E-state index contributed by atoms with van der Waals surface area (Å²) < 4.78 is 2.38. The van der Waals surface area contributed by atoms with Gasteiger partial charge in [0, 0.05) is 16.5 Å². The molecule has 0 radical (unpaired) electrons. The Morgan fingerprint density at radius 2 is 0.745 bits per heavy atom. The summed E-state index contributed by atoms with van der Waals surface area (Å²) in [6.07, 6.45) is 0. The average Bonchev–Trinajstić information content (AvgIpc) is 3.54. The van der Waals surface area contributed by atoms with Crippen LogP contribution >= 0.6 is 0 Å². The predicted octanol–water partition coefficient (Wildman–Crippen LogP) is 13.8. The van der Waals surface area contributed by atoms with E-state index < -0.39 is 0 Å². The third kappa shape index (κ3) is 4.78. The molecule has 9 aromatic carbocycles. The van der Waals surface area contributed by atoms with Crippen LogP contribution in [-0.4, -0.2) is 4.57 Å². The fourth-order valence-corrected chi connectivity index (χ4v) is 8.16. The Morgan fingerprint density at radius 3 is 1.45 bits per heavy atom. The zero-order valence-electron chi connectivity index (χ0n) is 28.0. The Kier molecular flexibility index (Phi) is 6.89. The monoisotopic (exact) mass is 647 g/mol. The summed E-state index contributed by atoms with van der Waals surface area (Å²) >= 11 is 0. The van der Waals surface area contributed by atoms with E-state index in [0.29, 0.717) is 0 Å². The molecule has 0 aliphatic heterocycles. The lowest BCUT2D eigenvalue weighted by atomic mass is 9.83. The van der Waals surface area contributed by atoms with Gasteiger partial charge in [-0.2, -0.15) is 0 Å². The Morgan fingerprint density at radius 1 is 0.255 bits per heavy atom. The number of fused-ring (bicyclic) bond motifs is 5. The molecule has 0 saturated heterocycles. The molecule has 0 N–H and O–H groups in total. The Hall–Kier alpha value is -6.70. The smallest absolute Gasteiger partial charge is 0.0541 e.